The van der Waals surface area contributed by atoms with E-state index in [9.17, 15) is 4.79 Å². The van der Waals surface area contributed by atoms with Crippen LogP contribution in [0.4, 0.5) is 5.69 Å². The van der Waals surface area contributed by atoms with E-state index in [4.69, 9.17) is 0 Å². The highest BCUT2D eigenvalue weighted by molar-refractivity contribution is 9.09. The van der Waals surface area contributed by atoms with E-state index in [0.29, 0.717) is 11.2 Å². The van der Waals surface area contributed by atoms with E-state index in [0.717, 1.165) is 18.5 Å². The maximum absolute atomic E-state index is 11.6. The summed E-state index contributed by atoms with van der Waals surface area (Å²) in [5.41, 5.74) is 3.69. The van der Waals surface area contributed by atoms with Crippen molar-refractivity contribution >= 4 is 27.5 Å². The molecule has 0 aliphatic carbocycles. The Hall–Kier alpha value is -0.830. The minimum absolute atomic E-state index is 0.217. The summed E-state index contributed by atoms with van der Waals surface area (Å²) in [5, 5.41) is 0. The number of carbonyl (C=O) groups excluding carboxylic acids is 1. The summed E-state index contributed by atoms with van der Waals surface area (Å²) in [6, 6.07) is 6.45. The van der Waals surface area contributed by atoms with Gasteiger partial charge in [0, 0.05) is 24.0 Å². The van der Waals surface area contributed by atoms with E-state index in [1.807, 2.05) is 7.05 Å². The van der Waals surface area contributed by atoms with Gasteiger partial charge in [-0.3, -0.25) is 4.79 Å². The first-order chi connectivity index (χ1) is 8.13. The molecular weight excluding hydrogens is 278 g/mol. The fraction of sp³-hybridized carbons (Fsp3) is 0.500. The number of rotatable bonds is 3. The van der Waals surface area contributed by atoms with Crippen molar-refractivity contribution in [3.8, 4) is 0 Å². The lowest BCUT2D eigenvalue weighted by Crippen LogP contribution is -2.31. The van der Waals surface area contributed by atoms with Crippen molar-refractivity contribution in [1.82, 2.24) is 0 Å². The first-order valence-corrected chi connectivity index (χ1v) is 7.08. The number of nitrogens with zero attached hydrogens (tertiary/aromatic N) is 1. The number of anilines is 1. The van der Waals surface area contributed by atoms with Crippen molar-refractivity contribution < 1.29 is 4.79 Å². The molecule has 1 heterocycles. The van der Waals surface area contributed by atoms with Gasteiger partial charge in [0.1, 0.15) is 0 Å². The average molecular weight is 296 g/mol. The Morgan fingerprint density at radius 1 is 1.41 bits per heavy atom. The van der Waals surface area contributed by atoms with Crippen LogP contribution in [0.1, 0.15) is 42.1 Å². The molecule has 0 fully saturated rings. The molecule has 1 unspecified atom stereocenters. The molecule has 0 saturated carbocycles. The van der Waals surface area contributed by atoms with Crippen LogP contribution in [-0.4, -0.2) is 13.0 Å². The fourth-order valence-electron chi connectivity index (χ4n) is 2.29. The van der Waals surface area contributed by atoms with Crippen molar-refractivity contribution in [2.75, 3.05) is 11.9 Å². The molecule has 3 heteroatoms. The van der Waals surface area contributed by atoms with Crippen LogP contribution in [0.3, 0.4) is 0 Å². The van der Waals surface area contributed by atoms with E-state index in [-0.39, 0.29) is 5.91 Å². The molecule has 0 aromatic heterocycles. The lowest BCUT2D eigenvalue weighted by Gasteiger charge is -2.26. The SMILES string of the molecule is CCCC(Br)c1ccc2c(c1)CCC(=O)N2C. The van der Waals surface area contributed by atoms with Gasteiger partial charge in [0.25, 0.3) is 0 Å². The van der Waals surface area contributed by atoms with Gasteiger partial charge >= 0.3 is 0 Å². The van der Waals surface area contributed by atoms with Gasteiger partial charge in [0.2, 0.25) is 5.91 Å². The maximum Gasteiger partial charge on any atom is 0.227 e. The summed E-state index contributed by atoms with van der Waals surface area (Å²) in [4.78, 5) is 13.8. The standard InChI is InChI=1S/C14H18BrNO/c1-3-4-12(15)10-5-7-13-11(9-10)6-8-14(17)16(13)2/h5,7,9,12H,3-4,6,8H2,1-2H3. The average Bonchev–Trinajstić information content (AvgIpc) is 2.34. The van der Waals surface area contributed by atoms with Crippen LogP contribution in [0.25, 0.3) is 0 Å². The normalized spacial score (nSPS) is 16.9. The molecule has 1 aromatic rings. The maximum atomic E-state index is 11.6. The molecule has 0 N–H and O–H groups in total. The van der Waals surface area contributed by atoms with Crippen LogP contribution in [-0.2, 0) is 11.2 Å². The zero-order valence-electron chi connectivity index (χ0n) is 10.4. The Morgan fingerprint density at radius 2 is 2.18 bits per heavy atom. The van der Waals surface area contributed by atoms with Crippen LogP contribution in [0.2, 0.25) is 0 Å². The molecule has 0 spiro atoms. The van der Waals surface area contributed by atoms with Crippen molar-refractivity contribution in [2.45, 2.75) is 37.4 Å². The lowest BCUT2D eigenvalue weighted by molar-refractivity contribution is -0.118. The van der Waals surface area contributed by atoms with Crippen LogP contribution in [0.5, 0.6) is 0 Å². The van der Waals surface area contributed by atoms with Gasteiger partial charge in [-0.15, -0.1) is 0 Å². The van der Waals surface area contributed by atoms with E-state index in [1.165, 1.54) is 17.5 Å². The van der Waals surface area contributed by atoms with E-state index >= 15 is 0 Å². The highest BCUT2D eigenvalue weighted by Gasteiger charge is 2.21. The van der Waals surface area contributed by atoms with Crippen molar-refractivity contribution in [1.29, 1.82) is 0 Å². The molecule has 92 valence electrons. The number of amides is 1. The minimum atomic E-state index is 0.217. The molecule has 2 rings (SSSR count). The number of aryl methyl sites for hydroxylation is 1. The third-order valence-corrected chi connectivity index (χ3v) is 4.34. The zero-order valence-corrected chi connectivity index (χ0v) is 12.0. The highest BCUT2D eigenvalue weighted by atomic mass is 79.9. The topological polar surface area (TPSA) is 20.3 Å². The molecule has 1 atom stereocenters. The number of fused-ring (bicyclic) bond motifs is 1. The summed E-state index contributed by atoms with van der Waals surface area (Å²) in [6.07, 6.45) is 3.82. The van der Waals surface area contributed by atoms with Gasteiger partial charge in [-0.1, -0.05) is 41.4 Å². The van der Waals surface area contributed by atoms with E-state index in [2.05, 4.69) is 41.1 Å². The van der Waals surface area contributed by atoms with E-state index < -0.39 is 0 Å². The minimum Gasteiger partial charge on any atom is -0.315 e. The third-order valence-electron chi connectivity index (χ3n) is 3.35. The fourth-order valence-corrected chi connectivity index (χ4v) is 3.03. The molecule has 0 bridgehead atoms. The summed E-state index contributed by atoms with van der Waals surface area (Å²) in [6.45, 7) is 2.19. The van der Waals surface area contributed by atoms with Gasteiger partial charge in [0.15, 0.2) is 0 Å². The second-order valence-electron chi connectivity index (χ2n) is 4.60. The molecule has 1 aliphatic heterocycles. The Labute approximate surface area is 111 Å². The predicted molar refractivity (Wildman–Crippen MR) is 74.7 cm³/mol. The zero-order chi connectivity index (χ0) is 12.4. The smallest absolute Gasteiger partial charge is 0.227 e. The monoisotopic (exact) mass is 295 g/mol. The molecule has 2 nitrogen and oxygen atoms in total. The Bertz CT molecular complexity index is 430. The quantitative estimate of drug-likeness (QED) is 0.776. The van der Waals surface area contributed by atoms with Gasteiger partial charge in [-0.2, -0.15) is 0 Å². The van der Waals surface area contributed by atoms with Gasteiger partial charge < -0.3 is 4.90 Å². The summed E-state index contributed by atoms with van der Waals surface area (Å²) < 4.78 is 0. The van der Waals surface area contributed by atoms with Gasteiger partial charge in [-0.25, -0.2) is 0 Å². The third kappa shape index (κ3) is 2.54. The molecule has 1 aromatic carbocycles. The van der Waals surface area contributed by atoms with Crippen LogP contribution in [0, 0.1) is 0 Å². The lowest BCUT2D eigenvalue weighted by atomic mass is 9.97. The van der Waals surface area contributed by atoms with Crippen LogP contribution in [0.15, 0.2) is 18.2 Å². The van der Waals surface area contributed by atoms with Crippen molar-refractivity contribution in [3.05, 3.63) is 29.3 Å². The highest BCUT2D eigenvalue weighted by Crippen LogP contribution is 2.33. The Balaban J connectivity index is 2.29. The van der Waals surface area contributed by atoms with Crippen molar-refractivity contribution in [2.24, 2.45) is 0 Å². The number of halogens is 1. The molecule has 1 amide bonds. The number of alkyl halides is 1. The van der Waals surface area contributed by atoms with Gasteiger partial charge in [-0.05, 0) is 30.0 Å². The second kappa shape index (κ2) is 5.21. The molecule has 1 aliphatic rings. The Kier molecular flexibility index (Phi) is 3.87. The first-order valence-electron chi connectivity index (χ1n) is 6.17. The van der Waals surface area contributed by atoms with Crippen molar-refractivity contribution in [3.63, 3.8) is 0 Å². The molecule has 0 saturated heterocycles. The molecule has 17 heavy (non-hydrogen) atoms. The number of carbonyl (C=O) groups is 1. The summed E-state index contributed by atoms with van der Waals surface area (Å²) in [5.74, 6) is 0.217. The molecular formula is C14H18BrNO. The second-order valence-corrected chi connectivity index (χ2v) is 5.70. The van der Waals surface area contributed by atoms with Gasteiger partial charge in [0.05, 0.1) is 0 Å². The largest absolute Gasteiger partial charge is 0.315 e. The number of hydrogen-bond donors (Lipinski definition) is 0. The Morgan fingerprint density at radius 3 is 2.88 bits per heavy atom. The first kappa shape index (κ1) is 12.6. The van der Waals surface area contributed by atoms with Crippen LogP contribution >= 0.6 is 15.9 Å². The number of hydrogen-bond acceptors (Lipinski definition) is 1. The van der Waals surface area contributed by atoms with E-state index in [1.54, 1.807) is 4.90 Å². The van der Waals surface area contributed by atoms with Crippen LogP contribution < -0.4 is 4.90 Å². The molecule has 0 radical (unpaired) electrons. The predicted octanol–water partition coefficient (Wildman–Crippen LogP) is 3.83. The summed E-state index contributed by atoms with van der Waals surface area (Å²) in [7, 11) is 1.86. The summed E-state index contributed by atoms with van der Waals surface area (Å²) >= 11 is 3.72. The number of benzene rings is 1.